The molecule has 0 aliphatic carbocycles. The average molecular weight is 488 g/mol. The fraction of sp³-hybridized carbons (Fsp3) is 0.387. The van der Waals surface area contributed by atoms with Crippen molar-refractivity contribution in [2.24, 2.45) is 0 Å². The van der Waals surface area contributed by atoms with Crippen molar-refractivity contribution in [2.75, 3.05) is 7.11 Å². The molecule has 5 nitrogen and oxygen atoms in total. The van der Waals surface area contributed by atoms with E-state index >= 15 is 0 Å². The Hall–Kier alpha value is -3.15. The summed E-state index contributed by atoms with van der Waals surface area (Å²) in [4.78, 5) is 15.0. The zero-order valence-electron chi connectivity index (χ0n) is 22.4. The van der Waals surface area contributed by atoms with Gasteiger partial charge >= 0.3 is 5.97 Å². The van der Waals surface area contributed by atoms with Gasteiger partial charge < -0.3 is 14.6 Å². The first-order valence-electron chi connectivity index (χ1n) is 12.5. The van der Waals surface area contributed by atoms with Crippen LogP contribution in [-0.2, 0) is 29.2 Å². The van der Waals surface area contributed by atoms with Crippen molar-refractivity contribution in [3.05, 3.63) is 87.5 Å². The Morgan fingerprint density at radius 1 is 0.944 bits per heavy atom. The Labute approximate surface area is 214 Å². The number of aliphatic carboxylic acids is 1. The van der Waals surface area contributed by atoms with Gasteiger partial charge in [0.25, 0.3) is 0 Å². The van der Waals surface area contributed by atoms with Crippen LogP contribution in [0.1, 0.15) is 65.8 Å². The number of aryl methyl sites for hydroxylation is 1. The molecule has 1 heterocycles. The summed E-state index contributed by atoms with van der Waals surface area (Å²) < 4.78 is 11.5. The average Bonchev–Trinajstić information content (AvgIpc) is 3.25. The molecule has 1 N–H and O–H groups in total. The third-order valence-electron chi connectivity index (χ3n) is 6.94. The summed E-state index contributed by atoms with van der Waals surface area (Å²) >= 11 is 0. The van der Waals surface area contributed by atoms with Gasteiger partial charge in [-0.15, -0.1) is 0 Å². The van der Waals surface area contributed by atoms with Gasteiger partial charge in [0.15, 0.2) is 6.10 Å². The van der Waals surface area contributed by atoms with E-state index in [2.05, 4.69) is 62.1 Å². The maximum absolute atomic E-state index is 12.6. The predicted molar refractivity (Wildman–Crippen MR) is 143 cm³/mol. The molecular weight excluding hydrogens is 450 g/mol. The summed E-state index contributed by atoms with van der Waals surface area (Å²) in [6.45, 7) is 14.4. The molecule has 3 aromatic carbocycles. The fourth-order valence-electron chi connectivity index (χ4n) is 5.19. The smallest absolute Gasteiger partial charge is 0.337 e. The van der Waals surface area contributed by atoms with Crippen molar-refractivity contribution in [1.82, 2.24) is 4.90 Å². The number of carbonyl (C=O) groups is 1. The van der Waals surface area contributed by atoms with E-state index < -0.39 is 17.7 Å². The first-order valence-corrected chi connectivity index (χ1v) is 12.5. The van der Waals surface area contributed by atoms with Gasteiger partial charge in [-0.25, -0.2) is 4.79 Å². The second-order valence-corrected chi connectivity index (χ2v) is 10.8. The number of rotatable bonds is 7. The van der Waals surface area contributed by atoms with Crippen LogP contribution < -0.4 is 4.74 Å². The van der Waals surface area contributed by atoms with Crippen molar-refractivity contribution >= 4 is 5.97 Å². The summed E-state index contributed by atoms with van der Waals surface area (Å²) in [5.74, 6) is -0.116. The lowest BCUT2D eigenvalue weighted by Crippen LogP contribution is -2.28. The van der Waals surface area contributed by atoms with Crippen molar-refractivity contribution in [3.63, 3.8) is 0 Å². The summed E-state index contributed by atoms with van der Waals surface area (Å²) in [6, 6.07) is 16.5. The van der Waals surface area contributed by atoms with E-state index in [1.807, 2.05) is 32.9 Å². The molecular formula is C31H37NO4. The van der Waals surface area contributed by atoms with Crippen LogP contribution >= 0.6 is 0 Å². The summed E-state index contributed by atoms with van der Waals surface area (Å²) in [5.41, 5.74) is 9.22. The van der Waals surface area contributed by atoms with Crippen molar-refractivity contribution < 1.29 is 19.4 Å². The molecule has 0 fully saturated rings. The van der Waals surface area contributed by atoms with Gasteiger partial charge in [0.05, 0.1) is 12.7 Å². The molecule has 1 aliphatic heterocycles. The summed E-state index contributed by atoms with van der Waals surface area (Å²) in [7, 11) is 1.68. The quantitative estimate of drug-likeness (QED) is 0.400. The topological polar surface area (TPSA) is 59.0 Å². The predicted octanol–water partition coefficient (Wildman–Crippen LogP) is 6.74. The second kappa shape index (κ2) is 10.1. The van der Waals surface area contributed by atoms with E-state index in [4.69, 9.17) is 9.47 Å². The standard InChI is InChI=1S/C31H37NO4/c1-19-8-12-23(13-9-19)27-20(2)25-17-32(16-22-10-14-24(35-7)15-11-22)18-26(25)21(3)28(27)29(30(33)34)36-31(4,5)6/h8-15,29H,16-18H2,1-7H3,(H,33,34)/t29-/m0/s1. The first kappa shape index (κ1) is 25.9. The van der Waals surface area contributed by atoms with E-state index in [0.29, 0.717) is 0 Å². The summed E-state index contributed by atoms with van der Waals surface area (Å²) in [6.07, 6.45) is -1.05. The number of ether oxygens (including phenoxy) is 2. The maximum atomic E-state index is 12.6. The maximum Gasteiger partial charge on any atom is 0.337 e. The van der Waals surface area contributed by atoms with Gasteiger partial charge in [-0.3, -0.25) is 4.90 Å². The van der Waals surface area contributed by atoms with Gasteiger partial charge in [-0.2, -0.15) is 0 Å². The Bertz CT molecular complexity index is 1250. The van der Waals surface area contributed by atoms with Gasteiger partial charge in [0.1, 0.15) is 5.75 Å². The molecule has 0 unspecified atom stereocenters. The lowest BCUT2D eigenvalue weighted by atomic mass is 9.83. The highest BCUT2D eigenvalue weighted by Crippen LogP contribution is 2.43. The first-order chi connectivity index (χ1) is 17.0. The highest BCUT2D eigenvalue weighted by molar-refractivity contribution is 5.84. The number of hydrogen-bond donors (Lipinski definition) is 1. The minimum atomic E-state index is -1.05. The molecule has 0 aromatic heterocycles. The van der Waals surface area contributed by atoms with E-state index in [9.17, 15) is 9.90 Å². The SMILES string of the molecule is COc1ccc(CN2Cc3c(C)c(-c4ccc(C)cc4)c([C@H](OC(C)(C)C)C(=O)O)c(C)c3C2)cc1. The number of benzene rings is 3. The van der Waals surface area contributed by atoms with E-state index in [0.717, 1.165) is 53.2 Å². The number of hydrogen-bond acceptors (Lipinski definition) is 4. The van der Waals surface area contributed by atoms with Crippen LogP contribution in [0.15, 0.2) is 48.5 Å². The molecule has 0 radical (unpaired) electrons. The molecule has 1 atom stereocenters. The second-order valence-electron chi connectivity index (χ2n) is 10.8. The molecule has 0 bridgehead atoms. The minimum Gasteiger partial charge on any atom is -0.497 e. The largest absolute Gasteiger partial charge is 0.497 e. The Kier molecular flexibility index (Phi) is 7.26. The number of carboxylic acids is 1. The molecule has 0 amide bonds. The van der Waals surface area contributed by atoms with Gasteiger partial charge in [-0.1, -0.05) is 42.0 Å². The van der Waals surface area contributed by atoms with Crippen LogP contribution in [0.25, 0.3) is 11.1 Å². The molecule has 0 saturated heterocycles. The van der Waals surface area contributed by atoms with E-state index in [-0.39, 0.29) is 0 Å². The molecule has 1 aliphatic rings. The fourth-order valence-corrected chi connectivity index (χ4v) is 5.19. The van der Waals surface area contributed by atoms with Crippen molar-refractivity contribution in [1.29, 1.82) is 0 Å². The van der Waals surface area contributed by atoms with Gasteiger partial charge in [-0.05, 0) is 92.6 Å². The van der Waals surface area contributed by atoms with E-state index in [1.165, 1.54) is 22.3 Å². The zero-order chi connectivity index (χ0) is 26.2. The molecule has 5 heteroatoms. The number of nitrogens with zero attached hydrogens (tertiary/aromatic N) is 1. The zero-order valence-corrected chi connectivity index (χ0v) is 22.4. The normalized spacial score (nSPS) is 14.5. The molecule has 190 valence electrons. The van der Waals surface area contributed by atoms with Crippen molar-refractivity contribution in [2.45, 2.75) is 72.9 Å². The highest BCUT2D eigenvalue weighted by Gasteiger charge is 2.35. The Morgan fingerprint density at radius 2 is 1.53 bits per heavy atom. The number of carboxylic acid groups (broad SMARTS) is 1. The lowest BCUT2D eigenvalue weighted by Gasteiger charge is -2.30. The van der Waals surface area contributed by atoms with Gasteiger partial charge in [0, 0.05) is 25.2 Å². The van der Waals surface area contributed by atoms with Crippen LogP contribution in [0.5, 0.6) is 5.75 Å². The third-order valence-corrected chi connectivity index (χ3v) is 6.94. The summed E-state index contributed by atoms with van der Waals surface area (Å²) in [5, 5.41) is 10.3. The molecule has 36 heavy (non-hydrogen) atoms. The number of methoxy groups -OCH3 is 1. The van der Waals surface area contributed by atoms with E-state index in [1.54, 1.807) is 7.11 Å². The minimum absolute atomic E-state index is 0.604. The van der Waals surface area contributed by atoms with Crippen LogP contribution in [0.4, 0.5) is 0 Å². The van der Waals surface area contributed by atoms with Crippen LogP contribution in [0.3, 0.4) is 0 Å². The molecule has 0 saturated carbocycles. The van der Waals surface area contributed by atoms with Crippen LogP contribution in [0, 0.1) is 20.8 Å². The Morgan fingerprint density at radius 3 is 2.06 bits per heavy atom. The van der Waals surface area contributed by atoms with Crippen LogP contribution in [-0.4, -0.2) is 28.7 Å². The number of fused-ring (bicyclic) bond motifs is 1. The molecule has 3 aromatic rings. The molecule has 4 rings (SSSR count). The highest BCUT2D eigenvalue weighted by atomic mass is 16.5. The van der Waals surface area contributed by atoms with Crippen LogP contribution in [0.2, 0.25) is 0 Å². The molecule has 0 spiro atoms. The van der Waals surface area contributed by atoms with Crippen molar-refractivity contribution in [3.8, 4) is 16.9 Å². The lowest BCUT2D eigenvalue weighted by molar-refractivity contribution is -0.160. The Balaban J connectivity index is 1.82. The monoisotopic (exact) mass is 487 g/mol. The van der Waals surface area contributed by atoms with Gasteiger partial charge in [0.2, 0.25) is 0 Å². The third kappa shape index (κ3) is 5.32.